The van der Waals surface area contributed by atoms with Gasteiger partial charge in [0.2, 0.25) is 5.91 Å². The fourth-order valence-corrected chi connectivity index (χ4v) is 2.46. The number of carbonyl (C=O) groups excluding carboxylic acids is 1. The van der Waals surface area contributed by atoms with Gasteiger partial charge in [0.25, 0.3) is 0 Å². The van der Waals surface area contributed by atoms with Crippen LogP contribution in [0.1, 0.15) is 34.1 Å². The van der Waals surface area contributed by atoms with E-state index in [-0.39, 0.29) is 5.91 Å². The lowest BCUT2D eigenvalue weighted by Crippen LogP contribution is -2.48. The summed E-state index contributed by atoms with van der Waals surface area (Å²) in [5.74, 6) is 1.49. The highest BCUT2D eigenvalue weighted by molar-refractivity contribution is 9.10. The van der Waals surface area contributed by atoms with E-state index in [2.05, 4.69) is 29.8 Å². The topological polar surface area (TPSA) is 20.3 Å². The molecule has 2 atom stereocenters. The smallest absolute Gasteiger partial charge is 0.238 e. The van der Waals surface area contributed by atoms with Gasteiger partial charge < -0.3 is 4.90 Å². The van der Waals surface area contributed by atoms with Gasteiger partial charge in [-0.25, -0.2) is 0 Å². The average molecular weight is 262 g/mol. The number of nitrogens with zero attached hydrogens (tertiary/aromatic N) is 1. The molecule has 0 saturated carbocycles. The minimum atomic E-state index is -0.413. The zero-order valence-electron chi connectivity index (χ0n) is 9.51. The van der Waals surface area contributed by atoms with Gasteiger partial charge in [-0.1, -0.05) is 29.8 Å². The van der Waals surface area contributed by atoms with Gasteiger partial charge in [-0.15, -0.1) is 0 Å². The Hall–Kier alpha value is -0.0500. The lowest BCUT2D eigenvalue weighted by atomic mass is 9.91. The lowest BCUT2D eigenvalue weighted by Gasteiger charge is -2.37. The predicted octanol–water partition coefficient (Wildman–Crippen LogP) is 2.66. The molecule has 0 spiro atoms. The first kappa shape index (κ1) is 12.0. The Balaban J connectivity index is 2.64. The number of piperidine rings is 1. The number of rotatable bonds is 1. The van der Waals surface area contributed by atoms with Crippen molar-refractivity contribution in [2.45, 2.75) is 38.4 Å². The molecular weight excluding hydrogens is 242 g/mol. The van der Waals surface area contributed by atoms with E-state index in [1.807, 2.05) is 18.7 Å². The van der Waals surface area contributed by atoms with Crippen LogP contribution >= 0.6 is 15.9 Å². The second-order valence-electron chi connectivity index (χ2n) is 5.13. The maximum Gasteiger partial charge on any atom is 0.238 e. The first-order valence-electron chi connectivity index (χ1n) is 5.29. The van der Waals surface area contributed by atoms with Crippen molar-refractivity contribution in [2.75, 3.05) is 13.1 Å². The van der Waals surface area contributed by atoms with Crippen molar-refractivity contribution >= 4 is 21.8 Å². The van der Waals surface area contributed by atoms with Crippen LogP contribution in [0.5, 0.6) is 0 Å². The zero-order valence-corrected chi connectivity index (χ0v) is 11.1. The molecule has 82 valence electrons. The maximum atomic E-state index is 12.0. The van der Waals surface area contributed by atoms with Crippen LogP contribution < -0.4 is 0 Å². The molecule has 1 heterocycles. The summed E-state index contributed by atoms with van der Waals surface area (Å²) in [5.41, 5.74) is 0. The second kappa shape index (κ2) is 4.21. The van der Waals surface area contributed by atoms with Crippen LogP contribution in [0.4, 0.5) is 0 Å². The van der Waals surface area contributed by atoms with Crippen molar-refractivity contribution in [3.63, 3.8) is 0 Å². The van der Waals surface area contributed by atoms with Crippen LogP contribution in [-0.4, -0.2) is 28.2 Å². The number of alkyl halides is 1. The predicted molar refractivity (Wildman–Crippen MR) is 62.5 cm³/mol. The number of halogens is 1. The van der Waals surface area contributed by atoms with Gasteiger partial charge in [-0.2, -0.15) is 0 Å². The largest absolute Gasteiger partial charge is 0.341 e. The Morgan fingerprint density at radius 2 is 1.71 bits per heavy atom. The van der Waals surface area contributed by atoms with Gasteiger partial charge in [0.15, 0.2) is 0 Å². The van der Waals surface area contributed by atoms with Crippen molar-refractivity contribution in [2.24, 2.45) is 11.8 Å². The van der Waals surface area contributed by atoms with Crippen LogP contribution in [0.3, 0.4) is 0 Å². The Morgan fingerprint density at radius 1 is 1.29 bits per heavy atom. The second-order valence-corrected chi connectivity index (χ2v) is 7.11. The summed E-state index contributed by atoms with van der Waals surface area (Å²) >= 11 is 3.43. The summed E-state index contributed by atoms with van der Waals surface area (Å²) in [6.07, 6.45) is 1.24. The minimum absolute atomic E-state index is 0.218. The first-order valence-corrected chi connectivity index (χ1v) is 6.08. The molecule has 0 N–H and O–H groups in total. The van der Waals surface area contributed by atoms with Gasteiger partial charge in [-0.05, 0) is 32.1 Å². The monoisotopic (exact) mass is 261 g/mol. The molecule has 0 aliphatic carbocycles. The van der Waals surface area contributed by atoms with E-state index in [1.165, 1.54) is 6.42 Å². The van der Waals surface area contributed by atoms with E-state index in [1.54, 1.807) is 0 Å². The van der Waals surface area contributed by atoms with E-state index in [0.29, 0.717) is 11.8 Å². The molecule has 0 aromatic carbocycles. The number of likely N-dealkylation sites (tertiary alicyclic amines) is 1. The molecule has 1 saturated heterocycles. The minimum Gasteiger partial charge on any atom is -0.341 e. The summed E-state index contributed by atoms with van der Waals surface area (Å²) in [4.78, 5) is 14.0. The summed E-state index contributed by atoms with van der Waals surface area (Å²) in [6, 6.07) is 0. The molecular formula is C11H20BrNO. The quantitative estimate of drug-likeness (QED) is 0.665. The molecule has 1 amide bonds. The van der Waals surface area contributed by atoms with Gasteiger partial charge in [0.05, 0.1) is 4.32 Å². The van der Waals surface area contributed by atoms with Crippen LogP contribution in [0, 0.1) is 11.8 Å². The molecule has 1 rings (SSSR count). The highest BCUT2D eigenvalue weighted by Gasteiger charge is 2.33. The fourth-order valence-electron chi connectivity index (χ4n) is 2.20. The van der Waals surface area contributed by atoms with E-state index in [0.717, 1.165) is 13.1 Å². The first-order chi connectivity index (χ1) is 6.30. The molecule has 2 unspecified atom stereocenters. The molecule has 0 bridgehead atoms. The molecule has 1 fully saturated rings. The third kappa shape index (κ3) is 2.97. The van der Waals surface area contributed by atoms with Gasteiger partial charge >= 0.3 is 0 Å². The third-order valence-electron chi connectivity index (χ3n) is 2.66. The molecule has 0 radical (unpaired) electrons. The highest BCUT2D eigenvalue weighted by Crippen LogP contribution is 2.26. The van der Waals surface area contributed by atoms with Crippen LogP contribution in [-0.2, 0) is 4.79 Å². The third-order valence-corrected chi connectivity index (χ3v) is 3.00. The molecule has 0 aromatic heterocycles. The Labute approximate surface area is 95.2 Å². The number of hydrogen-bond acceptors (Lipinski definition) is 1. The van der Waals surface area contributed by atoms with Crippen molar-refractivity contribution in [1.29, 1.82) is 0 Å². The Kier molecular flexibility index (Phi) is 3.62. The summed E-state index contributed by atoms with van der Waals surface area (Å²) in [7, 11) is 0. The van der Waals surface area contributed by atoms with Crippen LogP contribution in [0.2, 0.25) is 0 Å². The van der Waals surface area contributed by atoms with Gasteiger partial charge in [0, 0.05) is 13.1 Å². The Bertz CT molecular complexity index is 212. The molecule has 1 aliphatic rings. The molecule has 3 heteroatoms. The molecule has 0 aromatic rings. The number of amides is 1. The van der Waals surface area contributed by atoms with E-state index in [9.17, 15) is 4.79 Å². The fraction of sp³-hybridized carbons (Fsp3) is 0.909. The summed E-state index contributed by atoms with van der Waals surface area (Å²) in [5, 5.41) is 0. The SMILES string of the molecule is CC1CC(C)CN(C(=O)C(C)(C)Br)C1. The number of hydrogen-bond donors (Lipinski definition) is 0. The van der Waals surface area contributed by atoms with E-state index < -0.39 is 4.32 Å². The molecule has 1 aliphatic heterocycles. The average Bonchev–Trinajstić information content (AvgIpc) is 1.99. The highest BCUT2D eigenvalue weighted by atomic mass is 79.9. The normalized spacial score (nSPS) is 29.1. The number of carbonyl (C=O) groups is 1. The van der Waals surface area contributed by atoms with Crippen molar-refractivity contribution in [3.8, 4) is 0 Å². The van der Waals surface area contributed by atoms with Gasteiger partial charge in [0.1, 0.15) is 0 Å². The maximum absolute atomic E-state index is 12.0. The Morgan fingerprint density at radius 3 is 2.07 bits per heavy atom. The van der Waals surface area contributed by atoms with Crippen LogP contribution in [0.15, 0.2) is 0 Å². The molecule has 2 nitrogen and oxygen atoms in total. The van der Waals surface area contributed by atoms with Crippen molar-refractivity contribution in [3.05, 3.63) is 0 Å². The lowest BCUT2D eigenvalue weighted by molar-refractivity contribution is -0.135. The summed E-state index contributed by atoms with van der Waals surface area (Å²) < 4.78 is -0.413. The zero-order chi connectivity index (χ0) is 10.9. The van der Waals surface area contributed by atoms with Crippen LogP contribution in [0.25, 0.3) is 0 Å². The van der Waals surface area contributed by atoms with Crippen molar-refractivity contribution < 1.29 is 4.79 Å². The van der Waals surface area contributed by atoms with Crippen molar-refractivity contribution in [1.82, 2.24) is 4.90 Å². The summed E-state index contributed by atoms with van der Waals surface area (Å²) in [6.45, 7) is 10.1. The van der Waals surface area contributed by atoms with E-state index in [4.69, 9.17) is 0 Å². The standard InChI is InChI=1S/C11H20BrNO/c1-8-5-9(2)7-13(6-8)10(14)11(3,4)12/h8-9H,5-7H2,1-4H3. The van der Waals surface area contributed by atoms with E-state index >= 15 is 0 Å². The molecule has 14 heavy (non-hydrogen) atoms. The van der Waals surface area contributed by atoms with Gasteiger partial charge in [-0.3, -0.25) is 4.79 Å².